The van der Waals surface area contributed by atoms with E-state index in [1.807, 2.05) is 6.07 Å². The number of fused-ring (bicyclic) bond motifs is 1. The van der Waals surface area contributed by atoms with Gasteiger partial charge in [0.15, 0.2) is 24.0 Å². The number of carbonyl (C=O) groups is 2. The molecule has 2 aromatic rings. The van der Waals surface area contributed by atoms with Crippen molar-refractivity contribution < 1.29 is 14.3 Å². The number of anilines is 1. The Labute approximate surface area is 136 Å². The molecule has 1 aliphatic rings. The predicted octanol–water partition coefficient (Wildman–Crippen LogP) is 2.84. The Balaban J connectivity index is 1.99. The number of ketones is 1. The van der Waals surface area contributed by atoms with Crippen molar-refractivity contribution in [1.82, 2.24) is 4.98 Å². The normalized spacial score (nSPS) is 15.0. The van der Waals surface area contributed by atoms with Crippen molar-refractivity contribution in [3.63, 3.8) is 0 Å². The SMILES string of the molecule is CC(C(=O)c1ccccc1)N1C(=O)COc2ccc(Br)nc21. The fourth-order valence-electron chi connectivity index (χ4n) is 2.39. The van der Waals surface area contributed by atoms with Crippen molar-refractivity contribution in [1.29, 1.82) is 0 Å². The second kappa shape index (κ2) is 5.88. The fourth-order valence-corrected chi connectivity index (χ4v) is 2.69. The number of aromatic nitrogens is 1. The molecule has 0 aliphatic carbocycles. The van der Waals surface area contributed by atoms with Gasteiger partial charge in [-0.2, -0.15) is 0 Å². The van der Waals surface area contributed by atoms with E-state index in [-0.39, 0.29) is 18.3 Å². The Morgan fingerprint density at radius 1 is 1.27 bits per heavy atom. The summed E-state index contributed by atoms with van der Waals surface area (Å²) in [5.74, 6) is 0.441. The molecule has 22 heavy (non-hydrogen) atoms. The zero-order valence-electron chi connectivity index (χ0n) is 11.8. The summed E-state index contributed by atoms with van der Waals surface area (Å²) in [6.45, 7) is 1.60. The number of pyridine rings is 1. The highest BCUT2D eigenvalue weighted by Gasteiger charge is 2.34. The number of benzene rings is 1. The average molecular weight is 361 g/mol. The van der Waals surface area contributed by atoms with Gasteiger partial charge in [0.05, 0.1) is 6.04 Å². The van der Waals surface area contributed by atoms with Gasteiger partial charge in [0.2, 0.25) is 0 Å². The Hall–Kier alpha value is -2.21. The van der Waals surface area contributed by atoms with Gasteiger partial charge in [0.25, 0.3) is 5.91 Å². The lowest BCUT2D eigenvalue weighted by Crippen LogP contribution is -2.48. The van der Waals surface area contributed by atoms with Crippen LogP contribution in [0.25, 0.3) is 0 Å². The van der Waals surface area contributed by atoms with Gasteiger partial charge in [-0.3, -0.25) is 14.5 Å². The molecule has 1 aromatic carbocycles. The van der Waals surface area contributed by atoms with Crippen LogP contribution in [0.5, 0.6) is 5.75 Å². The zero-order valence-corrected chi connectivity index (χ0v) is 13.4. The highest BCUT2D eigenvalue weighted by atomic mass is 79.9. The molecule has 0 radical (unpaired) electrons. The number of halogens is 1. The van der Waals surface area contributed by atoms with Crippen molar-refractivity contribution >= 4 is 33.4 Å². The van der Waals surface area contributed by atoms with Crippen LogP contribution in [-0.4, -0.2) is 29.3 Å². The lowest BCUT2D eigenvalue weighted by molar-refractivity contribution is -0.121. The van der Waals surface area contributed by atoms with E-state index in [9.17, 15) is 9.59 Å². The van der Waals surface area contributed by atoms with Crippen LogP contribution in [0.4, 0.5) is 5.82 Å². The van der Waals surface area contributed by atoms with Crippen molar-refractivity contribution in [3.05, 3.63) is 52.6 Å². The molecule has 112 valence electrons. The van der Waals surface area contributed by atoms with Gasteiger partial charge in [-0.1, -0.05) is 30.3 Å². The number of ether oxygens (including phenoxy) is 1. The monoisotopic (exact) mass is 360 g/mol. The minimum atomic E-state index is -0.653. The van der Waals surface area contributed by atoms with Crippen LogP contribution in [0.2, 0.25) is 0 Å². The summed E-state index contributed by atoms with van der Waals surface area (Å²) < 4.78 is 5.95. The smallest absolute Gasteiger partial charge is 0.266 e. The van der Waals surface area contributed by atoms with Gasteiger partial charge < -0.3 is 4.74 Å². The molecule has 1 aliphatic heterocycles. The number of hydrogen-bond donors (Lipinski definition) is 0. The number of carbonyl (C=O) groups excluding carboxylic acids is 2. The molecule has 1 aromatic heterocycles. The fraction of sp³-hybridized carbons (Fsp3) is 0.188. The molecule has 3 rings (SSSR count). The number of amides is 1. The topological polar surface area (TPSA) is 59.5 Å². The minimum absolute atomic E-state index is 0.0945. The minimum Gasteiger partial charge on any atom is -0.480 e. The van der Waals surface area contributed by atoms with E-state index in [0.29, 0.717) is 21.7 Å². The maximum Gasteiger partial charge on any atom is 0.266 e. The Kier molecular flexibility index (Phi) is 3.94. The van der Waals surface area contributed by atoms with E-state index in [1.54, 1.807) is 43.3 Å². The number of rotatable bonds is 3. The first-order valence-electron chi connectivity index (χ1n) is 6.78. The van der Waals surface area contributed by atoms with E-state index in [2.05, 4.69) is 20.9 Å². The molecule has 1 amide bonds. The second-order valence-electron chi connectivity index (χ2n) is 4.91. The first kappa shape index (κ1) is 14.7. The van der Waals surface area contributed by atoms with Crippen molar-refractivity contribution in [2.45, 2.75) is 13.0 Å². The quantitative estimate of drug-likeness (QED) is 0.623. The second-order valence-corrected chi connectivity index (χ2v) is 5.73. The van der Waals surface area contributed by atoms with Crippen molar-refractivity contribution in [2.75, 3.05) is 11.5 Å². The van der Waals surface area contributed by atoms with Crippen LogP contribution in [0.3, 0.4) is 0 Å². The van der Waals surface area contributed by atoms with Crippen LogP contribution in [0.15, 0.2) is 47.1 Å². The largest absolute Gasteiger partial charge is 0.480 e. The summed E-state index contributed by atoms with van der Waals surface area (Å²) in [6, 6.07) is 11.7. The Morgan fingerprint density at radius 3 is 2.73 bits per heavy atom. The summed E-state index contributed by atoms with van der Waals surface area (Å²) in [4.78, 5) is 30.5. The highest BCUT2D eigenvalue weighted by Crippen LogP contribution is 2.33. The summed E-state index contributed by atoms with van der Waals surface area (Å²) in [5, 5.41) is 0. The van der Waals surface area contributed by atoms with Gasteiger partial charge in [0, 0.05) is 5.56 Å². The molecular weight excluding hydrogens is 348 g/mol. The number of Topliss-reactive ketones (excluding diaryl/α,β-unsaturated/α-hetero) is 1. The third-order valence-corrected chi connectivity index (χ3v) is 3.92. The average Bonchev–Trinajstić information content (AvgIpc) is 2.54. The van der Waals surface area contributed by atoms with E-state index >= 15 is 0 Å². The molecule has 2 heterocycles. The summed E-state index contributed by atoms with van der Waals surface area (Å²) in [6.07, 6.45) is 0. The van der Waals surface area contributed by atoms with E-state index < -0.39 is 6.04 Å². The Morgan fingerprint density at radius 2 is 2.00 bits per heavy atom. The molecule has 0 bridgehead atoms. The van der Waals surface area contributed by atoms with Gasteiger partial charge in [-0.05, 0) is 35.0 Å². The summed E-state index contributed by atoms with van der Waals surface area (Å²) in [7, 11) is 0. The summed E-state index contributed by atoms with van der Waals surface area (Å²) >= 11 is 3.28. The number of hydrogen-bond acceptors (Lipinski definition) is 4. The van der Waals surface area contributed by atoms with Gasteiger partial charge in [-0.25, -0.2) is 4.98 Å². The van der Waals surface area contributed by atoms with Crippen molar-refractivity contribution in [2.24, 2.45) is 0 Å². The summed E-state index contributed by atoms with van der Waals surface area (Å²) in [5.41, 5.74) is 0.561. The molecule has 0 fully saturated rings. The molecule has 0 saturated carbocycles. The molecular formula is C16H13BrN2O3. The first-order valence-corrected chi connectivity index (χ1v) is 7.58. The van der Waals surface area contributed by atoms with E-state index in [0.717, 1.165) is 0 Å². The maximum atomic E-state index is 12.6. The van der Waals surface area contributed by atoms with Crippen molar-refractivity contribution in [3.8, 4) is 5.75 Å². The Bertz CT molecular complexity index is 733. The first-order chi connectivity index (χ1) is 10.6. The van der Waals surface area contributed by atoms with E-state index in [1.165, 1.54) is 4.90 Å². The van der Waals surface area contributed by atoms with Crippen LogP contribution in [0, 0.1) is 0 Å². The van der Waals surface area contributed by atoms with E-state index in [4.69, 9.17) is 4.74 Å². The molecule has 1 unspecified atom stereocenters. The number of nitrogens with zero attached hydrogens (tertiary/aromatic N) is 2. The van der Waals surface area contributed by atoms with Gasteiger partial charge in [0.1, 0.15) is 4.60 Å². The molecule has 1 atom stereocenters. The van der Waals surface area contributed by atoms with Gasteiger partial charge in [-0.15, -0.1) is 0 Å². The third-order valence-electron chi connectivity index (χ3n) is 3.48. The molecule has 0 N–H and O–H groups in total. The van der Waals surface area contributed by atoms with Crippen LogP contribution in [0.1, 0.15) is 17.3 Å². The molecule has 5 nitrogen and oxygen atoms in total. The van der Waals surface area contributed by atoms with Crippen LogP contribution in [-0.2, 0) is 4.79 Å². The predicted molar refractivity (Wildman–Crippen MR) is 85.2 cm³/mol. The molecule has 0 saturated heterocycles. The lowest BCUT2D eigenvalue weighted by atomic mass is 10.0. The third kappa shape index (κ3) is 2.62. The van der Waals surface area contributed by atoms with Crippen LogP contribution < -0.4 is 9.64 Å². The maximum absolute atomic E-state index is 12.6. The molecule has 0 spiro atoms. The van der Waals surface area contributed by atoms with Crippen LogP contribution >= 0.6 is 15.9 Å². The zero-order chi connectivity index (χ0) is 15.7. The standard InChI is InChI=1S/C16H13BrN2O3/c1-10(15(21)11-5-3-2-4-6-11)19-14(20)9-22-12-7-8-13(17)18-16(12)19/h2-8,10H,9H2,1H3. The molecule has 6 heteroatoms. The lowest BCUT2D eigenvalue weighted by Gasteiger charge is -2.32. The highest BCUT2D eigenvalue weighted by molar-refractivity contribution is 9.10. The van der Waals surface area contributed by atoms with Gasteiger partial charge >= 0.3 is 0 Å².